The lowest BCUT2D eigenvalue weighted by molar-refractivity contribution is -0.141. The van der Waals surface area contributed by atoms with Crippen molar-refractivity contribution < 1.29 is 19.5 Å². The van der Waals surface area contributed by atoms with Crippen LogP contribution in [-0.4, -0.2) is 65.0 Å². The van der Waals surface area contributed by atoms with Gasteiger partial charge in [-0.05, 0) is 43.8 Å². The number of nitrogens with one attached hydrogen (secondary N) is 2. The third kappa shape index (κ3) is 8.50. The number of hydrogen-bond acceptors (Lipinski definition) is 6. The van der Waals surface area contributed by atoms with E-state index in [0.717, 1.165) is 5.75 Å². The van der Waals surface area contributed by atoms with E-state index in [-0.39, 0.29) is 0 Å². The van der Waals surface area contributed by atoms with Crippen molar-refractivity contribution in [2.45, 2.75) is 37.9 Å². The largest absolute Gasteiger partial charge is 0.480 e. The van der Waals surface area contributed by atoms with Crippen molar-refractivity contribution in [2.24, 2.45) is 5.73 Å². The minimum atomic E-state index is -1.13. The summed E-state index contributed by atoms with van der Waals surface area (Å²) < 4.78 is 0. The smallest absolute Gasteiger partial charge is 0.325 e. The lowest BCUT2D eigenvalue weighted by Crippen LogP contribution is -2.54. The van der Waals surface area contributed by atoms with Crippen molar-refractivity contribution in [1.29, 1.82) is 0 Å². The minimum Gasteiger partial charge on any atom is -0.480 e. The molecular formula is C13H25N3O4S2. The second kappa shape index (κ2) is 11.6. The molecule has 0 radical (unpaired) electrons. The van der Waals surface area contributed by atoms with E-state index in [1.165, 1.54) is 18.7 Å². The number of amides is 2. The van der Waals surface area contributed by atoms with Crippen LogP contribution >= 0.6 is 23.5 Å². The normalized spacial score (nSPS) is 14.7. The first kappa shape index (κ1) is 21.1. The Bertz CT molecular complexity index is 382. The van der Waals surface area contributed by atoms with Crippen molar-refractivity contribution in [3.8, 4) is 0 Å². The summed E-state index contributed by atoms with van der Waals surface area (Å²) >= 11 is 3.13. The number of thioether (sulfide) groups is 2. The van der Waals surface area contributed by atoms with Crippen molar-refractivity contribution in [2.75, 3.05) is 24.0 Å². The molecule has 0 heterocycles. The Labute approximate surface area is 139 Å². The molecule has 0 aliphatic rings. The van der Waals surface area contributed by atoms with Crippen LogP contribution in [0.25, 0.3) is 0 Å². The Morgan fingerprint density at radius 3 is 2.09 bits per heavy atom. The van der Waals surface area contributed by atoms with Gasteiger partial charge in [-0.25, -0.2) is 0 Å². The minimum absolute atomic E-state index is 0.390. The summed E-state index contributed by atoms with van der Waals surface area (Å²) in [6.07, 6.45) is 4.75. The number of carboxylic acids is 1. The standard InChI is InChI=1S/C13H25N3O4S2/c1-8(13(19)20)15-12(18)10(5-7-22-3)16-11(17)9(14)4-6-21-2/h8-10H,4-7,14H2,1-3H3,(H,15,18)(H,16,17)(H,19,20)/t8-,9-,10+/m0/s1. The van der Waals surface area contributed by atoms with E-state index in [2.05, 4.69) is 10.6 Å². The molecule has 9 heteroatoms. The second-order valence-corrected chi connectivity index (χ2v) is 6.77. The predicted octanol–water partition coefficient (Wildman–Crippen LogP) is -0.106. The van der Waals surface area contributed by atoms with Gasteiger partial charge in [-0.15, -0.1) is 0 Å². The fourth-order valence-corrected chi connectivity index (χ4v) is 2.50. The van der Waals surface area contributed by atoms with Gasteiger partial charge in [-0.2, -0.15) is 23.5 Å². The van der Waals surface area contributed by atoms with Gasteiger partial charge in [-0.1, -0.05) is 0 Å². The van der Waals surface area contributed by atoms with Crippen LogP contribution in [0.2, 0.25) is 0 Å². The first-order valence-corrected chi connectivity index (χ1v) is 9.69. The van der Waals surface area contributed by atoms with Crippen molar-refractivity contribution >= 4 is 41.3 Å². The number of nitrogens with two attached hydrogens (primary N) is 1. The van der Waals surface area contributed by atoms with Gasteiger partial charge in [0.1, 0.15) is 12.1 Å². The van der Waals surface area contributed by atoms with Crippen LogP contribution in [-0.2, 0) is 14.4 Å². The molecule has 0 spiro atoms. The molecule has 0 bridgehead atoms. The molecule has 7 nitrogen and oxygen atoms in total. The Kier molecular flexibility index (Phi) is 11.1. The molecule has 0 aromatic rings. The topological polar surface area (TPSA) is 122 Å². The van der Waals surface area contributed by atoms with E-state index >= 15 is 0 Å². The monoisotopic (exact) mass is 351 g/mol. The predicted molar refractivity (Wildman–Crippen MR) is 91.1 cm³/mol. The number of aliphatic carboxylic acids is 1. The molecule has 22 heavy (non-hydrogen) atoms. The molecule has 0 aliphatic heterocycles. The lowest BCUT2D eigenvalue weighted by atomic mass is 10.1. The lowest BCUT2D eigenvalue weighted by Gasteiger charge is -2.21. The molecule has 0 aromatic carbocycles. The fraction of sp³-hybridized carbons (Fsp3) is 0.769. The molecule has 3 atom stereocenters. The summed E-state index contributed by atoms with van der Waals surface area (Å²) in [4.78, 5) is 34.9. The average Bonchev–Trinajstić information content (AvgIpc) is 2.48. The Balaban J connectivity index is 4.64. The summed E-state index contributed by atoms with van der Waals surface area (Å²) in [5.74, 6) is -0.598. The summed E-state index contributed by atoms with van der Waals surface area (Å²) in [7, 11) is 0. The van der Waals surface area contributed by atoms with E-state index in [1.54, 1.807) is 11.8 Å². The van der Waals surface area contributed by atoms with E-state index in [4.69, 9.17) is 10.8 Å². The van der Waals surface area contributed by atoms with E-state index in [9.17, 15) is 14.4 Å². The maximum atomic E-state index is 12.1. The van der Waals surface area contributed by atoms with Gasteiger partial charge in [-0.3, -0.25) is 14.4 Å². The van der Waals surface area contributed by atoms with Crippen LogP contribution < -0.4 is 16.4 Å². The summed E-state index contributed by atoms with van der Waals surface area (Å²) in [6.45, 7) is 1.37. The molecule has 0 fully saturated rings. The molecule has 5 N–H and O–H groups in total. The highest BCUT2D eigenvalue weighted by Gasteiger charge is 2.25. The van der Waals surface area contributed by atoms with Crippen LogP contribution in [0, 0.1) is 0 Å². The Hall–Kier alpha value is -0.930. The molecule has 0 rings (SSSR count). The van der Waals surface area contributed by atoms with Gasteiger partial charge in [0.2, 0.25) is 11.8 Å². The van der Waals surface area contributed by atoms with Crippen LogP contribution in [0.15, 0.2) is 0 Å². The van der Waals surface area contributed by atoms with Gasteiger partial charge in [0.05, 0.1) is 6.04 Å². The zero-order chi connectivity index (χ0) is 17.1. The van der Waals surface area contributed by atoms with Gasteiger partial charge in [0, 0.05) is 0 Å². The maximum absolute atomic E-state index is 12.1. The summed E-state index contributed by atoms with van der Waals surface area (Å²) in [5.41, 5.74) is 5.77. The average molecular weight is 351 g/mol. The van der Waals surface area contributed by atoms with E-state index in [0.29, 0.717) is 18.6 Å². The zero-order valence-corrected chi connectivity index (χ0v) is 14.8. The summed E-state index contributed by atoms with van der Waals surface area (Å²) in [5, 5.41) is 13.8. The second-order valence-electron chi connectivity index (χ2n) is 4.80. The highest BCUT2D eigenvalue weighted by molar-refractivity contribution is 7.98. The van der Waals surface area contributed by atoms with E-state index in [1.807, 2.05) is 12.5 Å². The highest BCUT2D eigenvalue weighted by atomic mass is 32.2. The summed E-state index contributed by atoms with van der Waals surface area (Å²) in [6, 6.07) is -2.46. The van der Waals surface area contributed by atoms with Gasteiger partial charge < -0.3 is 21.5 Å². The Morgan fingerprint density at radius 1 is 1.05 bits per heavy atom. The number of hydrogen-bond donors (Lipinski definition) is 4. The van der Waals surface area contributed by atoms with Crippen molar-refractivity contribution in [3.05, 3.63) is 0 Å². The van der Waals surface area contributed by atoms with Crippen LogP contribution in [0.1, 0.15) is 19.8 Å². The number of carbonyl (C=O) groups excluding carboxylic acids is 2. The van der Waals surface area contributed by atoms with Gasteiger partial charge >= 0.3 is 5.97 Å². The van der Waals surface area contributed by atoms with Gasteiger partial charge in [0.25, 0.3) is 0 Å². The molecule has 2 amide bonds. The molecule has 0 unspecified atom stereocenters. The Morgan fingerprint density at radius 2 is 1.59 bits per heavy atom. The molecule has 128 valence electrons. The van der Waals surface area contributed by atoms with Crippen LogP contribution in [0.5, 0.6) is 0 Å². The van der Waals surface area contributed by atoms with E-state index < -0.39 is 35.9 Å². The number of carbonyl (C=O) groups is 3. The molecule has 0 saturated carbocycles. The number of rotatable bonds is 11. The van der Waals surface area contributed by atoms with Gasteiger partial charge in [0.15, 0.2) is 0 Å². The fourth-order valence-electron chi connectivity index (χ4n) is 1.53. The first-order chi connectivity index (χ1) is 10.3. The third-order valence-corrected chi connectivity index (χ3v) is 4.23. The van der Waals surface area contributed by atoms with Crippen LogP contribution in [0.3, 0.4) is 0 Å². The maximum Gasteiger partial charge on any atom is 0.325 e. The quantitative estimate of drug-likeness (QED) is 0.410. The number of carboxylic acid groups (broad SMARTS) is 1. The molecular weight excluding hydrogens is 326 g/mol. The van der Waals surface area contributed by atoms with Crippen molar-refractivity contribution in [3.63, 3.8) is 0 Å². The van der Waals surface area contributed by atoms with Crippen molar-refractivity contribution in [1.82, 2.24) is 10.6 Å². The molecule has 0 saturated heterocycles. The first-order valence-electron chi connectivity index (χ1n) is 6.90. The molecule has 0 aliphatic carbocycles. The van der Waals surface area contributed by atoms with Crippen LogP contribution in [0.4, 0.5) is 0 Å². The zero-order valence-electron chi connectivity index (χ0n) is 13.1. The third-order valence-electron chi connectivity index (χ3n) is 2.94. The SMILES string of the molecule is CSCC[C@H](N)C(=O)N[C@H](CCSC)C(=O)N[C@@H](C)C(=O)O. The highest BCUT2D eigenvalue weighted by Crippen LogP contribution is 2.04. The molecule has 0 aromatic heterocycles.